The van der Waals surface area contributed by atoms with Crippen molar-refractivity contribution in [2.75, 3.05) is 5.32 Å². The number of aromatic amines is 1. The molecule has 0 fully saturated rings. The highest BCUT2D eigenvalue weighted by Crippen LogP contribution is 2.25. The van der Waals surface area contributed by atoms with E-state index in [1.54, 1.807) is 11.8 Å². The smallest absolute Gasteiger partial charge is 0.255 e. The zero-order chi connectivity index (χ0) is 16.7. The summed E-state index contributed by atoms with van der Waals surface area (Å²) in [5.74, 6) is -0.277. The predicted molar refractivity (Wildman–Crippen MR) is 92.7 cm³/mol. The van der Waals surface area contributed by atoms with Crippen LogP contribution < -0.4 is 5.32 Å². The number of aromatic nitrogens is 1. The van der Waals surface area contributed by atoms with Crippen LogP contribution in [0.2, 0.25) is 0 Å². The van der Waals surface area contributed by atoms with Gasteiger partial charge in [0.05, 0.1) is 0 Å². The van der Waals surface area contributed by atoms with Crippen molar-refractivity contribution in [2.24, 2.45) is 0 Å². The van der Waals surface area contributed by atoms with E-state index in [1.165, 1.54) is 0 Å². The molecule has 0 aliphatic carbocycles. The van der Waals surface area contributed by atoms with Crippen molar-refractivity contribution in [2.45, 2.75) is 19.5 Å². The second kappa shape index (κ2) is 5.53. The molecule has 3 aromatic rings. The Kier molecular flexibility index (Phi) is 3.34. The van der Waals surface area contributed by atoms with Gasteiger partial charge in [0.1, 0.15) is 6.04 Å². The number of H-pyrrole nitrogens is 1. The van der Waals surface area contributed by atoms with Crippen LogP contribution in [0.3, 0.4) is 0 Å². The van der Waals surface area contributed by atoms with Crippen LogP contribution in [0.5, 0.6) is 0 Å². The molecular weight excluding hydrogens is 302 g/mol. The third-order valence-corrected chi connectivity index (χ3v) is 4.52. The minimum Gasteiger partial charge on any atom is -0.361 e. The van der Waals surface area contributed by atoms with Crippen LogP contribution in [0, 0.1) is 0 Å². The standard InChI is InChI=1S/C19H17N3O2/c1-12(22-11-14-4-2-3-5-16(14)19(22)24)18(23)21-15-6-7-17-13(10-15)8-9-20-17/h2-10,12,20H,11H2,1H3,(H,21,23). The third kappa shape index (κ3) is 2.34. The number of hydrogen-bond donors (Lipinski definition) is 2. The van der Waals surface area contributed by atoms with E-state index in [4.69, 9.17) is 0 Å². The normalized spacial score (nSPS) is 14.7. The van der Waals surface area contributed by atoms with Gasteiger partial charge in [-0.25, -0.2) is 0 Å². The second-order valence-corrected chi connectivity index (χ2v) is 6.04. The van der Waals surface area contributed by atoms with Gasteiger partial charge in [0.25, 0.3) is 5.91 Å². The van der Waals surface area contributed by atoms with E-state index in [0.29, 0.717) is 12.1 Å². The number of benzene rings is 2. The van der Waals surface area contributed by atoms with Gasteiger partial charge in [-0.05, 0) is 42.8 Å². The first-order valence-corrected chi connectivity index (χ1v) is 7.90. The number of nitrogens with one attached hydrogen (secondary N) is 2. The van der Waals surface area contributed by atoms with Gasteiger partial charge in [-0.15, -0.1) is 0 Å². The van der Waals surface area contributed by atoms with Gasteiger partial charge in [-0.1, -0.05) is 18.2 Å². The highest BCUT2D eigenvalue weighted by molar-refractivity contribution is 6.03. The van der Waals surface area contributed by atoms with Crippen molar-refractivity contribution in [3.05, 3.63) is 65.9 Å². The van der Waals surface area contributed by atoms with Gasteiger partial charge < -0.3 is 15.2 Å². The van der Waals surface area contributed by atoms with E-state index >= 15 is 0 Å². The largest absolute Gasteiger partial charge is 0.361 e. The minimum absolute atomic E-state index is 0.0886. The lowest BCUT2D eigenvalue weighted by molar-refractivity contribution is -0.120. The van der Waals surface area contributed by atoms with Crippen molar-refractivity contribution >= 4 is 28.4 Å². The Morgan fingerprint density at radius 3 is 2.88 bits per heavy atom. The maximum absolute atomic E-state index is 12.6. The molecule has 4 rings (SSSR count). The van der Waals surface area contributed by atoms with Crippen molar-refractivity contribution in [1.29, 1.82) is 0 Å². The summed E-state index contributed by atoms with van der Waals surface area (Å²) >= 11 is 0. The monoisotopic (exact) mass is 319 g/mol. The average molecular weight is 319 g/mol. The number of anilines is 1. The zero-order valence-electron chi connectivity index (χ0n) is 13.2. The van der Waals surface area contributed by atoms with Crippen LogP contribution in [0.25, 0.3) is 10.9 Å². The second-order valence-electron chi connectivity index (χ2n) is 6.04. The lowest BCUT2D eigenvalue weighted by Gasteiger charge is -2.23. The number of carbonyl (C=O) groups is 2. The summed E-state index contributed by atoms with van der Waals surface area (Å²) < 4.78 is 0. The highest BCUT2D eigenvalue weighted by Gasteiger charge is 2.33. The Hall–Kier alpha value is -3.08. The molecule has 0 saturated heterocycles. The summed E-state index contributed by atoms with van der Waals surface area (Å²) in [5.41, 5.74) is 3.40. The molecule has 1 aliphatic heterocycles. The van der Waals surface area contributed by atoms with Gasteiger partial charge in [-0.3, -0.25) is 9.59 Å². The first kappa shape index (κ1) is 14.5. The van der Waals surface area contributed by atoms with Crippen molar-refractivity contribution in [1.82, 2.24) is 9.88 Å². The number of nitrogens with zero attached hydrogens (tertiary/aromatic N) is 1. The molecule has 0 saturated carbocycles. The molecule has 5 nitrogen and oxygen atoms in total. The number of hydrogen-bond acceptors (Lipinski definition) is 2. The molecule has 120 valence electrons. The van der Waals surface area contributed by atoms with Crippen LogP contribution in [0.1, 0.15) is 22.8 Å². The molecule has 1 unspecified atom stereocenters. The summed E-state index contributed by atoms with van der Waals surface area (Å²) in [5, 5.41) is 3.93. The number of carbonyl (C=O) groups excluding carboxylic acids is 2. The van der Waals surface area contributed by atoms with Crippen molar-refractivity contribution < 1.29 is 9.59 Å². The van der Waals surface area contributed by atoms with Crippen molar-refractivity contribution in [3.8, 4) is 0 Å². The molecular formula is C19H17N3O2. The molecule has 2 amide bonds. The molecule has 1 aromatic heterocycles. The Labute approximate surface area is 139 Å². The van der Waals surface area contributed by atoms with E-state index in [1.807, 2.05) is 54.7 Å². The predicted octanol–water partition coefficient (Wildman–Crippen LogP) is 3.15. The topological polar surface area (TPSA) is 65.2 Å². The number of fused-ring (bicyclic) bond motifs is 2. The lowest BCUT2D eigenvalue weighted by atomic mass is 10.1. The fraction of sp³-hybridized carbons (Fsp3) is 0.158. The van der Waals surface area contributed by atoms with Gasteiger partial charge in [0.2, 0.25) is 5.91 Å². The molecule has 1 atom stereocenters. The Balaban J connectivity index is 1.51. The molecule has 5 heteroatoms. The summed E-state index contributed by atoms with van der Waals surface area (Å²) in [6, 6.07) is 14.6. The first-order valence-electron chi connectivity index (χ1n) is 7.90. The molecule has 24 heavy (non-hydrogen) atoms. The molecule has 2 aromatic carbocycles. The molecule has 0 spiro atoms. The van der Waals surface area contributed by atoms with Gasteiger partial charge in [0.15, 0.2) is 0 Å². The fourth-order valence-corrected chi connectivity index (χ4v) is 3.11. The fourth-order valence-electron chi connectivity index (χ4n) is 3.11. The van der Waals surface area contributed by atoms with E-state index < -0.39 is 6.04 Å². The van der Waals surface area contributed by atoms with E-state index in [-0.39, 0.29) is 11.8 Å². The first-order chi connectivity index (χ1) is 11.6. The van der Waals surface area contributed by atoms with E-state index in [2.05, 4.69) is 10.3 Å². The SMILES string of the molecule is CC(C(=O)Nc1ccc2[nH]ccc2c1)N1Cc2ccccc2C1=O. The quantitative estimate of drug-likeness (QED) is 0.779. The van der Waals surface area contributed by atoms with Gasteiger partial charge >= 0.3 is 0 Å². The summed E-state index contributed by atoms with van der Waals surface area (Å²) in [4.78, 5) is 29.8. The zero-order valence-corrected chi connectivity index (χ0v) is 13.2. The maximum Gasteiger partial charge on any atom is 0.255 e. The number of rotatable bonds is 3. The van der Waals surface area contributed by atoms with Gasteiger partial charge in [0, 0.05) is 34.9 Å². The molecule has 1 aliphatic rings. The van der Waals surface area contributed by atoms with Crippen LogP contribution in [0.15, 0.2) is 54.7 Å². The maximum atomic E-state index is 12.6. The summed E-state index contributed by atoms with van der Waals surface area (Å²) in [6.45, 7) is 2.23. The summed E-state index contributed by atoms with van der Waals surface area (Å²) in [6.07, 6.45) is 1.86. The van der Waals surface area contributed by atoms with Crippen LogP contribution in [-0.4, -0.2) is 27.7 Å². The third-order valence-electron chi connectivity index (χ3n) is 4.52. The Bertz CT molecular complexity index is 944. The van der Waals surface area contributed by atoms with E-state index in [0.717, 1.165) is 22.2 Å². The Morgan fingerprint density at radius 1 is 1.21 bits per heavy atom. The highest BCUT2D eigenvalue weighted by atomic mass is 16.2. The summed E-state index contributed by atoms with van der Waals surface area (Å²) in [7, 11) is 0. The van der Waals surface area contributed by atoms with Crippen LogP contribution in [-0.2, 0) is 11.3 Å². The molecule has 0 radical (unpaired) electrons. The van der Waals surface area contributed by atoms with Crippen LogP contribution >= 0.6 is 0 Å². The molecule has 2 heterocycles. The van der Waals surface area contributed by atoms with Crippen molar-refractivity contribution in [3.63, 3.8) is 0 Å². The van der Waals surface area contributed by atoms with Crippen LogP contribution in [0.4, 0.5) is 5.69 Å². The molecule has 2 N–H and O–H groups in total. The minimum atomic E-state index is -0.535. The van der Waals surface area contributed by atoms with Gasteiger partial charge in [-0.2, -0.15) is 0 Å². The van der Waals surface area contributed by atoms with E-state index in [9.17, 15) is 9.59 Å². The number of amides is 2. The lowest BCUT2D eigenvalue weighted by Crippen LogP contribution is -2.42. The average Bonchev–Trinajstić information content (AvgIpc) is 3.18. The molecule has 0 bridgehead atoms. The Morgan fingerprint density at radius 2 is 2.04 bits per heavy atom.